The Balaban J connectivity index is 1.30. The molecule has 28 heavy (non-hydrogen) atoms. The van der Waals surface area contributed by atoms with Crippen LogP contribution in [-0.4, -0.2) is 37.1 Å². The van der Waals surface area contributed by atoms with Gasteiger partial charge in [0.1, 0.15) is 0 Å². The van der Waals surface area contributed by atoms with Gasteiger partial charge in [-0.15, -0.1) is 0 Å². The van der Waals surface area contributed by atoms with Crippen molar-refractivity contribution in [1.82, 2.24) is 4.90 Å². The van der Waals surface area contributed by atoms with E-state index in [-0.39, 0.29) is 0 Å². The largest absolute Gasteiger partial charge is 0.416 e. The number of halogens is 3. The Morgan fingerprint density at radius 2 is 1.43 bits per heavy atom. The van der Waals surface area contributed by atoms with Gasteiger partial charge in [-0.1, -0.05) is 36.4 Å². The number of nitrogens with zero attached hydrogens (tertiary/aromatic N) is 2. The molecule has 2 aromatic carbocycles. The summed E-state index contributed by atoms with van der Waals surface area (Å²) in [5.41, 5.74) is 1.57. The van der Waals surface area contributed by atoms with Crippen molar-refractivity contribution in [3.8, 4) is 0 Å². The Kier molecular flexibility index (Phi) is 5.63. The van der Waals surface area contributed by atoms with Crippen molar-refractivity contribution in [1.29, 1.82) is 0 Å². The van der Waals surface area contributed by atoms with Crippen molar-refractivity contribution in [2.24, 2.45) is 0 Å². The highest BCUT2D eigenvalue weighted by Crippen LogP contribution is 2.35. The fraction of sp³-hybridized carbons (Fsp3) is 0.478. The molecule has 5 heteroatoms. The maximum absolute atomic E-state index is 13.0. The molecular weight excluding hydrogens is 361 g/mol. The van der Waals surface area contributed by atoms with Gasteiger partial charge in [0.2, 0.25) is 0 Å². The second kappa shape index (κ2) is 8.16. The first-order valence-electron chi connectivity index (χ1n) is 10.2. The minimum absolute atomic E-state index is 0.563. The van der Waals surface area contributed by atoms with Crippen molar-refractivity contribution >= 4 is 5.69 Å². The average molecular weight is 388 g/mol. The summed E-state index contributed by atoms with van der Waals surface area (Å²) in [5, 5.41) is 0. The van der Waals surface area contributed by atoms with Gasteiger partial charge in [-0.2, -0.15) is 13.2 Å². The summed E-state index contributed by atoms with van der Waals surface area (Å²) in [4.78, 5) is 4.63. The molecule has 2 fully saturated rings. The molecule has 1 saturated heterocycles. The van der Waals surface area contributed by atoms with Crippen LogP contribution < -0.4 is 4.90 Å². The van der Waals surface area contributed by atoms with Crippen LogP contribution in [0.4, 0.5) is 18.9 Å². The van der Waals surface area contributed by atoms with Crippen LogP contribution in [0.15, 0.2) is 54.6 Å². The molecular formula is C23H27F3N2. The van der Waals surface area contributed by atoms with Gasteiger partial charge in [0.25, 0.3) is 0 Å². The minimum atomic E-state index is -4.28. The third kappa shape index (κ3) is 4.35. The van der Waals surface area contributed by atoms with Gasteiger partial charge in [-0.3, -0.25) is 4.90 Å². The van der Waals surface area contributed by atoms with E-state index in [0.717, 1.165) is 32.2 Å². The molecule has 1 aliphatic carbocycles. The number of piperazine rings is 1. The first-order chi connectivity index (χ1) is 13.5. The van der Waals surface area contributed by atoms with Gasteiger partial charge in [0, 0.05) is 37.9 Å². The highest BCUT2D eigenvalue weighted by atomic mass is 19.4. The second-order valence-corrected chi connectivity index (χ2v) is 7.99. The van der Waals surface area contributed by atoms with Crippen LogP contribution in [0.1, 0.15) is 42.7 Å². The third-order valence-electron chi connectivity index (χ3n) is 6.34. The molecule has 1 heterocycles. The van der Waals surface area contributed by atoms with E-state index in [2.05, 4.69) is 40.1 Å². The van der Waals surface area contributed by atoms with Crippen LogP contribution in [0, 0.1) is 0 Å². The lowest BCUT2D eigenvalue weighted by atomic mass is 9.81. The maximum Gasteiger partial charge on any atom is 0.416 e. The zero-order chi connectivity index (χ0) is 19.6. The van der Waals surface area contributed by atoms with Crippen molar-refractivity contribution in [2.45, 2.75) is 43.8 Å². The van der Waals surface area contributed by atoms with E-state index in [1.165, 1.54) is 43.4 Å². The minimum Gasteiger partial charge on any atom is -0.369 e. The topological polar surface area (TPSA) is 6.48 Å². The molecule has 2 aromatic rings. The average Bonchev–Trinajstić information content (AvgIpc) is 2.74. The Labute approximate surface area is 165 Å². The van der Waals surface area contributed by atoms with Crippen LogP contribution in [0.3, 0.4) is 0 Å². The van der Waals surface area contributed by atoms with Gasteiger partial charge in [-0.05, 0) is 55.4 Å². The van der Waals surface area contributed by atoms with E-state index in [0.29, 0.717) is 17.6 Å². The summed E-state index contributed by atoms with van der Waals surface area (Å²) in [6.07, 6.45) is 0.590. The van der Waals surface area contributed by atoms with Crippen LogP contribution in [-0.2, 0) is 6.18 Å². The van der Waals surface area contributed by atoms with E-state index < -0.39 is 11.7 Å². The summed E-state index contributed by atoms with van der Waals surface area (Å²) in [6, 6.07) is 17.1. The lowest BCUT2D eigenvalue weighted by molar-refractivity contribution is -0.137. The fourth-order valence-electron chi connectivity index (χ4n) is 4.72. The molecule has 0 unspecified atom stereocenters. The van der Waals surface area contributed by atoms with E-state index >= 15 is 0 Å². The molecule has 0 aromatic heterocycles. The predicted octanol–water partition coefficient (Wildman–Crippen LogP) is 5.55. The Hall–Kier alpha value is -2.01. The van der Waals surface area contributed by atoms with E-state index in [4.69, 9.17) is 0 Å². The SMILES string of the molecule is FC(F)(F)c1cccc(N2CCN(C3CCC(c4ccccc4)CC3)CC2)c1. The van der Waals surface area contributed by atoms with Crippen molar-refractivity contribution in [2.75, 3.05) is 31.1 Å². The Bertz CT molecular complexity index is 759. The Morgan fingerprint density at radius 3 is 2.07 bits per heavy atom. The zero-order valence-corrected chi connectivity index (χ0v) is 16.0. The fourth-order valence-corrected chi connectivity index (χ4v) is 4.72. The Morgan fingerprint density at radius 1 is 0.750 bits per heavy atom. The molecule has 0 spiro atoms. The lowest BCUT2D eigenvalue weighted by Crippen LogP contribution is -2.51. The molecule has 0 bridgehead atoms. The van der Waals surface area contributed by atoms with Crippen LogP contribution in [0.5, 0.6) is 0 Å². The van der Waals surface area contributed by atoms with Crippen LogP contribution in [0.25, 0.3) is 0 Å². The van der Waals surface area contributed by atoms with Gasteiger partial charge in [0.05, 0.1) is 5.56 Å². The number of hydrogen-bond donors (Lipinski definition) is 0. The number of rotatable bonds is 3. The molecule has 0 atom stereocenters. The smallest absolute Gasteiger partial charge is 0.369 e. The number of hydrogen-bond acceptors (Lipinski definition) is 2. The van der Waals surface area contributed by atoms with Crippen LogP contribution >= 0.6 is 0 Å². The molecule has 1 saturated carbocycles. The molecule has 2 nitrogen and oxygen atoms in total. The quantitative estimate of drug-likeness (QED) is 0.680. The van der Waals surface area contributed by atoms with Gasteiger partial charge in [0.15, 0.2) is 0 Å². The first kappa shape index (κ1) is 19.3. The lowest BCUT2D eigenvalue weighted by Gasteiger charge is -2.42. The van der Waals surface area contributed by atoms with Crippen molar-refractivity contribution in [3.05, 3.63) is 65.7 Å². The summed E-state index contributed by atoms with van der Waals surface area (Å²) in [6.45, 7) is 3.44. The highest BCUT2D eigenvalue weighted by Gasteiger charge is 2.32. The van der Waals surface area contributed by atoms with E-state index in [9.17, 15) is 13.2 Å². The van der Waals surface area contributed by atoms with Crippen molar-refractivity contribution < 1.29 is 13.2 Å². The molecule has 1 aliphatic heterocycles. The van der Waals surface area contributed by atoms with E-state index in [1.807, 2.05) is 0 Å². The molecule has 0 radical (unpaired) electrons. The summed E-state index contributed by atoms with van der Waals surface area (Å²) < 4.78 is 38.9. The normalized spacial score (nSPS) is 24.3. The molecule has 0 amide bonds. The highest BCUT2D eigenvalue weighted by molar-refractivity contribution is 5.49. The van der Waals surface area contributed by atoms with Gasteiger partial charge >= 0.3 is 6.18 Å². The van der Waals surface area contributed by atoms with E-state index in [1.54, 1.807) is 6.07 Å². The number of benzene rings is 2. The maximum atomic E-state index is 13.0. The summed E-state index contributed by atoms with van der Waals surface area (Å²) in [7, 11) is 0. The second-order valence-electron chi connectivity index (χ2n) is 7.99. The molecule has 0 N–H and O–H groups in total. The predicted molar refractivity (Wildman–Crippen MR) is 107 cm³/mol. The van der Waals surface area contributed by atoms with Gasteiger partial charge < -0.3 is 4.90 Å². The zero-order valence-electron chi connectivity index (χ0n) is 16.0. The number of anilines is 1. The van der Waals surface area contributed by atoms with Crippen LogP contribution in [0.2, 0.25) is 0 Å². The monoisotopic (exact) mass is 388 g/mol. The third-order valence-corrected chi connectivity index (χ3v) is 6.34. The standard InChI is InChI=1S/C23H27F3N2/c24-23(25,26)20-7-4-8-22(17-20)28-15-13-27(14-16-28)21-11-9-19(10-12-21)18-5-2-1-3-6-18/h1-8,17,19,21H,9-16H2. The summed E-state index contributed by atoms with van der Waals surface area (Å²) >= 11 is 0. The first-order valence-corrected chi connectivity index (χ1v) is 10.2. The number of alkyl halides is 3. The molecule has 2 aliphatic rings. The summed E-state index contributed by atoms with van der Waals surface area (Å²) in [5.74, 6) is 0.670. The molecule has 4 rings (SSSR count). The van der Waals surface area contributed by atoms with Crippen molar-refractivity contribution in [3.63, 3.8) is 0 Å². The van der Waals surface area contributed by atoms with Gasteiger partial charge in [-0.25, -0.2) is 0 Å². The molecule has 150 valence electrons.